The van der Waals surface area contributed by atoms with Gasteiger partial charge in [0.25, 0.3) is 5.89 Å². The zero-order chi connectivity index (χ0) is 20.4. The highest BCUT2D eigenvalue weighted by Crippen LogP contribution is 2.28. The molecule has 8 heteroatoms. The van der Waals surface area contributed by atoms with E-state index in [-0.39, 0.29) is 10.6 Å². The third kappa shape index (κ3) is 4.34. The summed E-state index contributed by atoms with van der Waals surface area (Å²) in [6.45, 7) is 0. The standard InChI is InChI=1S/C21H14Cl2N2O3S/c22-16-8-10-17(11-9-16)29(26,27)13-14-4-3-5-15(12-14)20-24-21(28-25-20)18-6-1-2-7-19(18)23/h1-12H,13H2. The van der Waals surface area contributed by atoms with E-state index in [0.29, 0.717) is 38.5 Å². The summed E-state index contributed by atoms with van der Waals surface area (Å²) in [5.74, 6) is 0.493. The van der Waals surface area contributed by atoms with Gasteiger partial charge in [-0.25, -0.2) is 8.42 Å². The van der Waals surface area contributed by atoms with Crippen molar-refractivity contribution in [2.45, 2.75) is 10.6 Å². The number of rotatable bonds is 5. The van der Waals surface area contributed by atoms with E-state index in [0.717, 1.165) is 0 Å². The second kappa shape index (κ2) is 7.99. The predicted octanol–water partition coefficient (Wildman–Crippen LogP) is 5.68. The van der Waals surface area contributed by atoms with Crippen LogP contribution in [0.3, 0.4) is 0 Å². The van der Waals surface area contributed by atoms with Gasteiger partial charge >= 0.3 is 0 Å². The van der Waals surface area contributed by atoms with Gasteiger partial charge in [0.15, 0.2) is 9.84 Å². The van der Waals surface area contributed by atoms with E-state index in [1.54, 1.807) is 48.5 Å². The van der Waals surface area contributed by atoms with E-state index in [2.05, 4.69) is 10.1 Å². The minimum Gasteiger partial charge on any atom is -0.334 e. The molecule has 0 aliphatic heterocycles. The smallest absolute Gasteiger partial charge is 0.259 e. The molecule has 29 heavy (non-hydrogen) atoms. The molecule has 0 atom stereocenters. The van der Waals surface area contributed by atoms with Crippen LogP contribution in [-0.2, 0) is 15.6 Å². The van der Waals surface area contributed by atoms with Crippen molar-refractivity contribution in [1.82, 2.24) is 10.1 Å². The van der Waals surface area contributed by atoms with E-state index in [1.165, 1.54) is 12.1 Å². The molecule has 0 saturated carbocycles. The maximum Gasteiger partial charge on any atom is 0.259 e. The van der Waals surface area contributed by atoms with Crippen molar-refractivity contribution in [3.8, 4) is 22.8 Å². The van der Waals surface area contributed by atoms with Crippen LogP contribution in [0.15, 0.2) is 82.2 Å². The van der Waals surface area contributed by atoms with Crippen LogP contribution in [0.1, 0.15) is 5.56 Å². The van der Waals surface area contributed by atoms with E-state index in [1.807, 2.05) is 12.1 Å². The van der Waals surface area contributed by atoms with Crippen LogP contribution in [0.25, 0.3) is 22.8 Å². The van der Waals surface area contributed by atoms with Crippen molar-refractivity contribution in [2.75, 3.05) is 0 Å². The molecule has 5 nitrogen and oxygen atoms in total. The summed E-state index contributed by atoms with van der Waals surface area (Å²) in [5.41, 5.74) is 1.90. The minimum atomic E-state index is -3.51. The number of benzene rings is 3. The molecular formula is C21H14Cl2N2O3S. The Balaban J connectivity index is 1.61. The number of aromatic nitrogens is 2. The lowest BCUT2D eigenvalue weighted by molar-refractivity contribution is 0.432. The minimum absolute atomic E-state index is 0.155. The van der Waals surface area contributed by atoms with E-state index in [9.17, 15) is 8.42 Å². The van der Waals surface area contributed by atoms with Crippen molar-refractivity contribution in [2.24, 2.45) is 0 Å². The van der Waals surface area contributed by atoms with E-state index < -0.39 is 9.84 Å². The summed E-state index contributed by atoms with van der Waals surface area (Å²) in [7, 11) is -3.51. The quantitative estimate of drug-likeness (QED) is 0.395. The van der Waals surface area contributed by atoms with E-state index in [4.69, 9.17) is 27.7 Å². The Morgan fingerprint density at radius 2 is 1.66 bits per heavy atom. The molecule has 3 aromatic carbocycles. The van der Waals surface area contributed by atoms with Crippen LogP contribution in [0.2, 0.25) is 10.0 Å². The Labute approximate surface area is 177 Å². The first-order valence-electron chi connectivity index (χ1n) is 8.59. The Morgan fingerprint density at radius 3 is 2.41 bits per heavy atom. The Hall–Kier alpha value is -2.67. The molecule has 0 aliphatic rings. The van der Waals surface area contributed by atoms with Crippen LogP contribution in [0.4, 0.5) is 0 Å². The summed E-state index contributed by atoms with van der Waals surface area (Å²) in [6, 6.07) is 20.3. The lowest BCUT2D eigenvalue weighted by Crippen LogP contribution is -2.05. The Morgan fingerprint density at radius 1 is 0.897 bits per heavy atom. The van der Waals surface area contributed by atoms with Gasteiger partial charge in [0.05, 0.1) is 21.2 Å². The molecule has 0 N–H and O–H groups in total. The van der Waals surface area contributed by atoms with Crippen LogP contribution in [0, 0.1) is 0 Å². The van der Waals surface area contributed by atoms with Crippen LogP contribution in [-0.4, -0.2) is 18.6 Å². The van der Waals surface area contributed by atoms with Crippen LogP contribution >= 0.6 is 23.2 Å². The first-order valence-corrected chi connectivity index (χ1v) is 11.0. The number of sulfone groups is 1. The first kappa shape index (κ1) is 19.6. The number of hydrogen-bond acceptors (Lipinski definition) is 5. The summed E-state index contributed by atoms with van der Waals surface area (Å²) in [6.07, 6.45) is 0. The van der Waals surface area contributed by atoms with Gasteiger partial charge in [-0.1, -0.05) is 58.7 Å². The van der Waals surface area contributed by atoms with Crippen molar-refractivity contribution >= 4 is 33.0 Å². The largest absolute Gasteiger partial charge is 0.334 e. The van der Waals surface area contributed by atoms with Crippen LogP contribution in [0.5, 0.6) is 0 Å². The first-order chi connectivity index (χ1) is 13.9. The van der Waals surface area contributed by atoms with Gasteiger partial charge in [-0.3, -0.25) is 0 Å². The molecule has 0 amide bonds. The number of nitrogens with zero attached hydrogens (tertiary/aromatic N) is 2. The van der Waals surface area contributed by atoms with Crippen LogP contribution < -0.4 is 0 Å². The van der Waals surface area contributed by atoms with Gasteiger partial charge in [0, 0.05) is 10.6 Å². The summed E-state index contributed by atoms with van der Waals surface area (Å²) in [4.78, 5) is 4.61. The molecule has 4 aromatic rings. The maximum absolute atomic E-state index is 12.7. The van der Waals surface area contributed by atoms with E-state index >= 15 is 0 Å². The van der Waals surface area contributed by atoms with Gasteiger partial charge < -0.3 is 4.52 Å². The summed E-state index contributed by atoms with van der Waals surface area (Å²) in [5, 5.41) is 4.99. The van der Waals surface area contributed by atoms with Gasteiger partial charge in [0.2, 0.25) is 5.82 Å². The van der Waals surface area contributed by atoms with Gasteiger partial charge in [-0.05, 0) is 48.0 Å². The van der Waals surface area contributed by atoms with Gasteiger partial charge in [-0.2, -0.15) is 4.98 Å². The summed E-state index contributed by atoms with van der Waals surface area (Å²) < 4.78 is 30.7. The molecule has 0 saturated heterocycles. The fourth-order valence-electron chi connectivity index (χ4n) is 2.83. The second-order valence-electron chi connectivity index (χ2n) is 6.32. The fraction of sp³-hybridized carbons (Fsp3) is 0.0476. The lowest BCUT2D eigenvalue weighted by atomic mass is 10.1. The highest BCUT2D eigenvalue weighted by Gasteiger charge is 2.17. The second-order valence-corrected chi connectivity index (χ2v) is 9.15. The lowest BCUT2D eigenvalue weighted by Gasteiger charge is -2.06. The molecule has 0 radical (unpaired) electrons. The third-order valence-corrected chi connectivity index (χ3v) is 6.53. The van der Waals surface area contributed by atoms with Gasteiger partial charge in [0.1, 0.15) is 0 Å². The van der Waals surface area contributed by atoms with Crippen molar-refractivity contribution < 1.29 is 12.9 Å². The molecule has 0 bridgehead atoms. The van der Waals surface area contributed by atoms with Crippen molar-refractivity contribution in [3.05, 3.63) is 88.4 Å². The zero-order valence-electron chi connectivity index (χ0n) is 14.9. The Kier molecular flexibility index (Phi) is 5.41. The molecule has 4 rings (SSSR count). The molecular weight excluding hydrogens is 431 g/mol. The zero-order valence-corrected chi connectivity index (χ0v) is 17.2. The third-order valence-electron chi connectivity index (χ3n) is 4.24. The molecule has 0 unspecified atom stereocenters. The highest BCUT2D eigenvalue weighted by atomic mass is 35.5. The Bertz CT molecular complexity index is 1270. The molecule has 1 aromatic heterocycles. The average molecular weight is 445 g/mol. The monoisotopic (exact) mass is 444 g/mol. The molecule has 1 heterocycles. The maximum atomic E-state index is 12.7. The number of halogens is 2. The molecule has 0 aliphatic carbocycles. The topological polar surface area (TPSA) is 73.1 Å². The molecule has 0 spiro atoms. The molecule has 0 fully saturated rings. The average Bonchev–Trinajstić information content (AvgIpc) is 3.18. The van der Waals surface area contributed by atoms with Crippen molar-refractivity contribution in [3.63, 3.8) is 0 Å². The highest BCUT2D eigenvalue weighted by molar-refractivity contribution is 7.90. The van der Waals surface area contributed by atoms with Crippen molar-refractivity contribution in [1.29, 1.82) is 0 Å². The number of hydrogen-bond donors (Lipinski definition) is 0. The fourth-order valence-corrected chi connectivity index (χ4v) is 4.51. The SMILES string of the molecule is O=S(=O)(Cc1cccc(-c2noc(-c3ccccc3Cl)n2)c1)c1ccc(Cl)cc1. The normalized spacial score (nSPS) is 11.5. The van der Waals surface area contributed by atoms with Gasteiger partial charge in [-0.15, -0.1) is 0 Å². The summed E-state index contributed by atoms with van der Waals surface area (Å²) >= 11 is 12.0. The molecule has 146 valence electrons. The predicted molar refractivity (Wildman–Crippen MR) is 113 cm³/mol.